The van der Waals surface area contributed by atoms with Gasteiger partial charge in [0.15, 0.2) is 0 Å². The van der Waals surface area contributed by atoms with Gasteiger partial charge in [-0.1, -0.05) is 158 Å². The molecule has 0 radical (unpaired) electrons. The zero-order chi connectivity index (χ0) is 55.1. The maximum atomic E-state index is 15.4. The Balaban J connectivity index is 1.05. The van der Waals surface area contributed by atoms with E-state index < -0.39 is 69.9 Å². The Morgan fingerprint density at radius 3 is 1.31 bits per heavy atom. The van der Waals surface area contributed by atoms with Gasteiger partial charge in [-0.05, 0) is 179 Å². The Morgan fingerprint density at radius 1 is 0.325 bits per heavy atom. The van der Waals surface area contributed by atoms with Gasteiger partial charge < -0.3 is 0 Å². The minimum atomic E-state index is -5.05. The number of rotatable bonds is 4. The smallest absolute Gasteiger partial charge is 0.166 e. The number of benzene rings is 11. The molecule has 0 saturated carbocycles. The van der Waals surface area contributed by atoms with Crippen molar-refractivity contribution in [2.45, 2.75) is 36.5 Å². The van der Waals surface area contributed by atoms with E-state index in [1.807, 2.05) is 109 Å². The lowest BCUT2D eigenvalue weighted by Gasteiger charge is -2.31. The van der Waals surface area contributed by atoms with Crippen LogP contribution >= 0.6 is 0 Å². The molecule has 0 aliphatic heterocycles. The van der Waals surface area contributed by atoms with Crippen molar-refractivity contribution >= 4 is 60.8 Å². The van der Waals surface area contributed by atoms with Gasteiger partial charge in [-0.25, -0.2) is 0 Å². The second-order valence-electron chi connectivity index (χ2n) is 20.8. The molecule has 2 unspecified atom stereocenters. The molecular formula is C68H34F12. The average molecular weight is 1080 g/mol. The Morgan fingerprint density at radius 2 is 0.787 bits per heavy atom. The lowest BCUT2D eigenvalue weighted by atomic mass is 9.72. The van der Waals surface area contributed by atoms with Crippen molar-refractivity contribution in [3.05, 3.63) is 232 Å². The monoisotopic (exact) mass is 1080 g/mol. The summed E-state index contributed by atoms with van der Waals surface area (Å²) < 4.78 is 180. The molecule has 4 aliphatic carbocycles. The molecule has 0 fully saturated rings. The summed E-state index contributed by atoms with van der Waals surface area (Å²) in [5, 5.41) is 5.46. The fraction of sp³-hybridized carbons (Fsp3) is 0.0882. The number of allylic oxidation sites excluding steroid dienone is 3. The van der Waals surface area contributed by atoms with E-state index in [1.165, 1.54) is 0 Å². The third-order valence-corrected chi connectivity index (χ3v) is 16.8. The highest BCUT2D eigenvalue weighted by Crippen LogP contribution is 2.65. The van der Waals surface area contributed by atoms with Gasteiger partial charge in [-0.15, -0.1) is 0 Å². The van der Waals surface area contributed by atoms with Crippen LogP contribution in [-0.2, 0) is 24.7 Å². The molecular weight excluding hydrogens is 1040 g/mol. The first kappa shape index (κ1) is 48.2. The summed E-state index contributed by atoms with van der Waals surface area (Å²) in [6.45, 7) is 0. The number of hydrogen-bond donors (Lipinski definition) is 0. The van der Waals surface area contributed by atoms with Gasteiger partial charge in [-0.2, -0.15) is 52.7 Å². The largest absolute Gasteiger partial charge is 0.417 e. The van der Waals surface area contributed by atoms with E-state index in [2.05, 4.69) is 0 Å². The van der Waals surface area contributed by atoms with Crippen LogP contribution in [0.3, 0.4) is 0 Å². The SMILES string of the molecule is FC(F)(F)c1ccc(C(F)(F)F)c(-c2c3c(c(-c4ccccc4)c4ccccc24)-c2ccc4c5c6c(c7ccc-3c2c74)C=CC2c3c(c(-c4ccccc4)c4ccccc4c3-c3cc(C(F)(F)F)ccc3C(F)(F)F)C(=CC=5)C62)c1. The van der Waals surface area contributed by atoms with Crippen LogP contribution in [0.4, 0.5) is 52.7 Å². The van der Waals surface area contributed by atoms with Crippen molar-refractivity contribution < 1.29 is 52.7 Å². The molecule has 12 heteroatoms. The highest BCUT2D eigenvalue weighted by atomic mass is 19.4. The van der Waals surface area contributed by atoms with Crippen molar-refractivity contribution in [2.75, 3.05) is 0 Å². The van der Waals surface area contributed by atoms with Crippen LogP contribution in [0.25, 0.3) is 128 Å². The molecule has 0 N–H and O–H groups in total. The molecule has 80 heavy (non-hydrogen) atoms. The van der Waals surface area contributed by atoms with Gasteiger partial charge >= 0.3 is 24.7 Å². The van der Waals surface area contributed by atoms with Crippen LogP contribution in [0.15, 0.2) is 182 Å². The molecule has 0 nitrogen and oxygen atoms in total. The van der Waals surface area contributed by atoms with Crippen LogP contribution in [0.5, 0.6) is 0 Å². The quantitative estimate of drug-likeness (QED) is 0.154. The molecule has 4 aliphatic rings. The molecule has 15 rings (SSSR count). The normalized spacial score (nSPS) is 16.1. The summed E-state index contributed by atoms with van der Waals surface area (Å²) in [5.41, 5.74) is 2.38. The fourth-order valence-electron chi connectivity index (χ4n) is 13.9. The van der Waals surface area contributed by atoms with Gasteiger partial charge in [0.2, 0.25) is 0 Å². The van der Waals surface area contributed by atoms with E-state index in [0.29, 0.717) is 102 Å². The lowest BCUT2D eigenvalue weighted by Crippen LogP contribution is -2.23. The molecule has 0 spiro atoms. The summed E-state index contributed by atoms with van der Waals surface area (Å²) >= 11 is 0. The van der Waals surface area contributed by atoms with Gasteiger partial charge in [0.25, 0.3) is 0 Å². The van der Waals surface area contributed by atoms with Gasteiger partial charge in [0, 0.05) is 11.8 Å². The third kappa shape index (κ3) is 6.68. The van der Waals surface area contributed by atoms with E-state index in [1.54, 1.807) is 48.5 Å². The van der Waals surface area contributed by atoms with Crippen LogP contribution < -0.4 is 5.22 Å². The van der Waals surface area contributed by atoms with Crippen molar-refractivity contribution in [1.82, 2.24) is 0 Å². The maximum Gasteiger partial charge on any atom is 0.417 e. The predicted molar refractivity (Wildman–Crippen MR) is 291 cm³/mol. The molecule has 11 aromatic rings. The van der Waals surface area contributed by atoms with E-state index >= 15 is 26.3 Å². The van der Waals surface area contributed by atoms with Crippen molar-refractivity contribution in [3.63, 3.8) is 0 Å². The first-order valence-electron chi connectivity index (χ1n) is 25.6. The summed E-state index contributed by atoms with van der Waals surface area (Å²) in [6, 6.07) is 43.1. The molecule has 11 aromatic carbocycles. The number of halogens is 12. The Kier molecular flexibility index (Phi) is 9.86. The highest BCUT2D eigenvalue weighted by molar-refractivity contribution is 6.33. The fourth-order valence-corrected chi connectivity index (χ4v) is 13.9. The second kappa shape index (κ2) is 16.3. The first-order valence-corrected chi connectivity index (χ1v) is 25.6. The summed E-state index contributed by atoms with van der Waals surface area (Å²) in [6.07, 6.45) is -12.3. The van der Waals surface area contributed by atoms with E-state index in [9.17, 15) is 26.3 Å². The minimum absolute atomic E-state index is 0.00193. The lowest BCUT2D eigenvalue weighted by molar-refractivity contribution is -0.141. The van der Waals surface area contributed by atoms with E-state index in [0.717, 1.165) is 54.8 Å². The zero-order valence-corrected chi connectivity index (χ0v) is 41.2. The summed E-state index contributed by atoms with van der Waals surface area (Å²) in [7, 11) is 0. The summed E-state index contributed by atoms with van der Waals surface area (Å²) in [4.78, 5) is 0. The van der Waals surface area contributed by atoms with Crippen LogP contribution in [0, 0.1) is 0 Å². The molecule has 0 heterocycles. The average Bonchev–Trinajstić information content (AvgIpc) is 2.00. The van der Waals surface area contributed by atoms with Crippen LogP contribution in [0.1, 0.15) is 56.3 Å². The minimum Gasteiger partial charge on any atom is -0.166 e. The van der Waals surface area contributed by atoms with Crippen molar-refractivity contribution in [2.24, 2.45) is 0 Å². The molecule has 0 amide bonds. The van der Waals surface area contributed by atoms with Crippen molar-refractivity contribution in [3.8, 4) is 66.8 Å². The van der Waals surface area contributed by atoms with Crippen molar-refractivity contribution in [1.29, 1.82) is 0 Å². The highest BCUT2D eigenvalue weighted by Gasteiger charge is 2.48. The van der Waals surface area contributed by atoms with Gasteiger partial charge in [0.05, 0.1) is 22.3 Å². The third-order valence-electron chi connectivity index (χ3n) is 16.8. The first-order chi connectivity index (χ1) is 38.3. The van der Waals surface area contributed by atoms with E-state index in [4.69, 9.17) is 0 Å². The predicted octanol–water partition coefficient (Wildman–Crippen LogP) is 20.5. The number of alkyl halides is 12. The standard InChI is InChI=1S/C68H34F12/c69-65(70,71)35-19-29-51(67(75,76)77)49(31-35)57-39-17-9-7-15-37(39)53(33-11-3-1-4-12-33)61-45-25-21-41-42-22-26-46-60-48(28-24-44(56(42)60)43-23-27-47(63(57)61)59(45)55(41)43)64-58(50-32-36(66(72,73)74)20-30-52(50)68(78,79)80)40-18-10-8-16-38(40)54(62(46)64)34-13-5-2-6-14-34/h1-32,47,59H. The topological polar surface area (TPSA) is 0 Å². The molecule has 0 bridgehead atoms. The van der Waals surface area contributed by atoms with E-state index in [-0.39, 0.29) is 11.1 Å². The van der Waals surface area contributed by atoms with Gasteiger partial charge in [0.1, 0.15) is 0 Å². The van der Waals surface area contributed by atoms with Crippen LogP contribution in [-0.4, -0.2) is 0 Å². The zero-order valence-electron chi connectivity index (χ0n) is 41.2. The molecule has 390 valence electrons. The number of hydrogen-bond acceptors (Lipinski definition) is 0. The van der Waals surface area contributed by atoms with Gasteiger partial charge in [-0.3, -0.25) is 0 Å². The van der Waals surface area contributed by atoms with Crippen LogP contribution in [0.2, 0.25) is 0 Å². The Bertz CT molecular complexity index is 4690. The molecule has 0 aromatic heterocycles. The number of fused-ring (bicyclic) bond motifs is 10. The second-order valence-corrected chi connectivity index (χ2v) is 20.8. The Labute approximate surface area is 446 Å². The summed E-state index contributed by atoms with van der Waals surface area (Å²) in [5.74, 6) is -1.22. The molecule has 0 saturated heterocycles. The molecule has 2 atom stereocenters. The maximum absolute atomic E-state index is 15.4. The Hall–Kier alpha value is -8.90.